The molecule has 2 aromatic carbocycles. The lowest BCUT2D eigenvalue weighted by atomic mass is 10.0. The lowest BCUT2D eigenvalue weighted by Crippen LogP contribution is -2.30. The minimum absolute atomic E-state index is 0.0879. The van der Waals surface area contributed by atoms with Crippen molar-refractivity contribution < 1.29 is 33.7 Å². The molecule has 0 saturated heterocycles. The highest BCUT2D eigenvalue weighted by molar-refractivity contribution is 6.31. The number of aliphatic carboxylic acids is 1. The van der Waals surface area contributed by atoms with Crippen molar-refractivity contribution in [2.45, 2.75) is 38.6 Å². The predicted molar refractivity (Wildman–Crippen MR) is 123 cm³/mol. The third-order valence-electron chi connectivity index (χ3n) is 4.81. The topological polar surface area (TPSA) is 111 Å². The number of carboxylic acids is 1. The second kappa shape index (κ2) is 12.7. The second-order valence-corrected chi connectivity index (χ2v) is 7.68. The fourth-order valence-electron chi connectivity index (χ4n) is 3.19. The first-order valence-corrected chi connectivity index (χ1v) is 10.8. The number of methoxy groups -OCH3 is 2. The largest absolute Gasteiger partial charge is 0.496 e. The fraction of sp³-hybridized carbons (Fsp3) is 0.375. The number of carbonyl (C=O) groups excluding carboxylic acids is 2. The van der Waals surface area contributed by atoms with Crippen LogP contribution in [0, 0.1) is 0 Å². The second-order valence-electron chi connectivity index (χ2n) is 7.24. The van der Waals surface area contributed by atoms with Crippen LogP contribution in [-0.2, 0) is 9.59 Å². The number of rotatable bonds is 13. The molecule has 0 radical (unpaired) electrons. The van der Waals surface area contributed by atoms with Crippen molar-refractivity contribution in [3.8, 4) is 17.2 Å². The molecule has 0 aromatic heterocycles. The van der Waals surface area contributed by atoms with Crippen LogP contribution in [0.1, 0.15) is 54.6 Å². The Balaban J connectivity index is 2.11. The Hall–Kier alpha value is -3.26. The molecule has 2 N–H and O–H groups in total. The molecule has 178 valence electrons. The van der Waals surface area contributed by atoms with E-state index in [4.69, 9.17) is 25.8 Å². The normalized spacial score (nSPS) is 11.4. The summed E-state index contributed by atoms with van der Waals surface area (Å²) in [4.78, 5) is 36.5. The van der Waals surface area contributed by atoms with E-state index in [1.54, 1.807) is 30.3 Å². The van der Waals surface area contributed by atoms with Gasteiger partial charge in [0.1, 0.15) is 5.75 Å². The summed E-state index contributed by atoms with van der Waals surface area (Å²) >= 11 is 5.97. The zero-order valence-corrected chi connectivity index (χ0v) is 19.6. The standard InChI is InChI=1S/C24H28ClNO7/c1-4-11-33-21-8-5-15(12-22(21)32-3)18(14-24(29)30)26-23(28)10-7-19(27)17-13-16(25)6-9-20(17)31-2/h5-6,8-9,12-13,18H,4,7,10-11,14H2,1-3H3,(H,26,28)(H,29,30). The van der Waals surface area contributed by atoms with Gasteiger partial charge in [0, 0.05) is 17.9 Å². The smallest absolute Gasteiger partial charge is 0.305 e. The number of ketones is 1. The maximum absolute atomic E-state index is 12.6. The lowest BCUT2D eigenvalue weighted by Gasteiger charge is -2.19. The van der Waals surface area contributed by atoms with Crippen molar-refractivity contribution in [3.63, 3.8) is 0 Å². The van der Waals surface area contributed by atoms with E-state index in [2.05, 4.69) is 5.32 Å². The number of carboxylic acid groups (broad SMARTS) is 1. The van der Waals surface area contributed by atoms with Gasteiger partial charge in [0.15, 0.2) is 17.3 Å². The molecule has 0 aliphatic heterocycles. The summed E-state index contributed by atoms with van der Waals surface area (Å²) in [5, 5.41) is 12.4. The number of amides is 1. The SMILES string of the molecule is CCCOc1ccc(C(CC(=O)O)NC(=O)CCC(=O)c2cc(Cl)ccc2OC)cc1OC. The van der Waals surface area contributed by atoms with Gasteiger partial charge in [-0.2, -0.15) is 0 Å². The first kappa shape index (κ1) is 26.0. The number of Topliss-reactive ketones (excluding diaryl/α,β-unsaturated/α-hetero) is 1. The Kier molecular flexibility index (Phi) is 10.00. The molecule has 0 aliphatic rings. The Labute approximate surface area is 197 Å². The Morgan fingerprint density at radius 3 is 2.33 bits per heavy atom. The van der Waals surface area contributed by atoms with Gasteiger partial charge in [-0.05, 0) is 42.3 Å². The Morgan fingerprint density at radius 2 is 1.70 bits per heavy atom. The fourth-order valence-corrected chi connectivity index (χ4v) is 3.36. The van der Waals surface area contributed by atoms with Gasteiger partial charge >= 0.3 is 5.97 Å². The van der Waals surface area contributed by atoms with Crippen LogP contribution in [0.5, 0.6) is 17.2 Å². The van der Waals surface area contributed by atoms with E-state index < -0.39 is 17.9 Å². The van der Waals surface area contributed by atoms with Gasteiger partial charge in [-0.25, -0.2) is 0 Å². The number of carbonyl (C=O) groups is 3. The number of benzene rings is 2. The van der Waals surface area contributed by atoms with Crippen LogP contribution in [0.15, 0.2) is 36.4 Å². The van der Waals surface area contributed by atoms with Gasteiger partial charge in [0.25, 0.3) is 0 Å². The van der Waals surface area contributed by atoms with Crippen molar-refractivity contribution >= 4 is 29.3 Å². The molecule has 1 amide bonds. The van der Waals surface area contributed by atoms with Crippen molar-refractivity contribution in [3.05, 3.63) is 52.5 Å². The highest BCUT2D eigenvalue weighted by atomic mass is 35.5. The monoisotopic (exact) mass is 477 g/mol. The van der Waals surface area contributed by atoms with E-state index in [0.29, 0.717) is 34.4 Å². The Morgan fingerprint density at radius 1 is 1.00 bits per heavy atom. The third kappa shape index (κ3) is 7.68. The molecule has 1 atom stereocenters. The summed E-state index contributed by atoms with van der Waals surface area (Å²) < 4.78 is 16.2. The molecule has 33 heavy (non-hydrogen) atoms. The summed E-state index contributed by atoms with van der Waals surface area (Å²) in [6.07, 6.45) is 0.275. The lowest BCUT2D eigenvalue weighted by molar-refractivity contribution is -0.137. The average molecular weight is 478 g/mol. The highest BCUT2D eigenvalue weighted by Gasteiger charge is 2.21. The van der Waals surface area contributed by atoms with E-state index in [-0.39, 0.29) is 30.6 Å². The maximum atomic E-state index is 12.6. The molecule has 9 heteroatoms. The zero-order valence-electron chi connectivity index (χ0n) is 18.9. The minimum atomic E-state index is -1.08. The van der Waals surface area contributed by atoms with Crippen LogP contribution in [0.25, 0.3) is 0 Å². The number of ether oxygens (including phenoxy) is 3. The summed E-state index contributed by atoms with van der Waals surface area (Å²) in [5.41, 5.74) is 0.835. The van der Waals surface area contributed by atoms with Crippen LogP contribution >= 0.6 is 11.6 Å². The minimum Gasteiger partial charge on any atom is -0.496 e. The number of hydrogen-bond acceptors (Lipinski definition) is 6. The molecule has 0 fully saturated rings. The first-order chi connectivity index (χ1) is 15.8. The molecule has 8 nitrogen and oxygen atoms in total. The average Bonchev–Trinajstić information content (AvgIpc) is 2.80. The number of hydrogen-bond donors (Lipinski definition) is 2. The van der Waals surface area contributed by atoms with E-state index in [1.807, 2.05) is 6.92 Å². The summed E-state index contributed by atoms with van der Waals surface area (Å²) in [6.45, 7) is 2.49. The van der Waals surface area contributed by atoms with E-state index >= 15 is 0 Å². The molecular weight excluding hydrogens is 450 g/mol. The van der Waals surface area contributed by atoms with Gasteiger partial charge < -0.3 is 24.6 Å². The molecular formula is C24H28ClNO7. The summed E-state index contributed by atoms with van der Waals surface area (Å²) in [7, 11) is 2.93. The first-order valence-electron chi connectivity index (χ1n) is 10.5. The quantitative estimate of drug-likeness (QED) is 0.410. The molecule has 0 saturated carbocycles. The molecule has 1 unspecified atom stereocenters. The van der Waals surface area contributed by atoms with Gasteiger partial charge in [0.2, 0.25) is 5.91 Å². The molecule has 2 aromatic rings. The van der Waals surface area contributed by atoms with E-state index in [9.17, 15) is 19.5 Å². The van der Waals surface area contributed by atoms with Gasteiger partial charge in [-0.1, -0.05) is 24.6 Å². The Bertz CT molecular complexity index is 993. The summed E-state index contributed by atoms with van der Waals surface area (Å²) in [5.74, 6) is -0.506. The summed E-state index contributed by atoms with van der Waals surface area (Å²) in [6, 6.07) is 8.87. The van der Waals surface area contributed by atoms with Crippen molar-refractivity contribution in [2.24, 2.45) is 0 Å². The van der Waals surface area contributed by atoms with Crippen molar-refractivity contribution in [1.29, 1.82) is 0 Å². The van der Waals surface area contributed by atoms with Gasteiger partial charge in [-0.15, -0.1) is 0 Å². The van der Waals surface area contributed by atoms with Crippen LogP contribution in [-0.4, -0.2) is 43.6 Å². The zero-order chi connectivity index (χ0) is 24.4. The molecule has 0 bridgehead atoms. The van der Waals surface area contributed by atoms with Gasteiger partial charge in [-0.3, -0.25) is 14.4 Å². The molecule has 0 aliphatic carbocycles. The number of halogens is 1. The maximum Gasteiger partial charge on any atom is 0.305 e. The van der Waals surface area contributed by atoms with Crippen LogP contribution in [0.2, 0.25) is 5.02 Å². The number of nitrogens with one attached hydrogen (secondary N) is 1. The molecule has 2 rings (SSSR count). The van der Waals surface area contributed by atoms with E-state index in [1.165, 1.54) is 20.3 Å². The van der Waals surface area contributed by atoms with Crippen molar-refractivity contribution in [2.75, 3.05) is 20.8 Å². The van der Waals surface area contributed by atoms with E-state index in [0.717, 1.165) is 6.42 Å². The molecule has 0 spiro atoms. The van der Waals surface area contributed by atoms with Crippen LogP contribution < -0.4 is 19.5 Å². The highest BCUT2D eigenvalue weighted by Crippen LogP contribution is 2.31. The molecule has 0 heterocycles. The van der Waals surface area contributed by atoms with Gasteiger partial charge in [0.05, 0.1) is 38.9 Å². The van der Waals surface area contributed by atoms with Crippen molar-refractivity contribution in [1.82, 2.24) is 5.32 Å². The predicted octanol–water partition coefficient (Wildman–Crippen LogP) is 4.44. The third-order valence-corrected chi connectivity index (χ3v) is 5.04. The van der Waals surface area contributed by atoms with Crippen LogP contribution in [0.3, 0.4) is 0 Å². The van der Waals surface area contributed by atoms with Crippen LogP contribution in [0.4, 0.5) is 0 Å².